The van der Waals surface area contributed by atoms with Crippen LogP contribution in [0.3, 0.4) is 0 Å². The number of aromatic hydroxyl groups is 1. The largest absolute Gasteiger partial charge is 0.504 e. The molecule has 3 aromatic rings. The van der Waals surface area contributed by atoms with E-state index in [-0.39, 0.29) is 39.2 Å². The van der Waals surface area contributed by atoms with Gasteiger partial charge in [-0.05, 0) is 23.8 Å². The molecule has 4 rings (SSSR count). The molecule has 5 N–H and O–H groups in total. The van der Waals surface area contributed by atoms with Gasteiger partial charge in [0, 0.05) is 6.07 Å². The molecule has 32 heavy (non-hydrogen) atoms. The summed E-state index contributed by atoms with van der Waals surface area (Å²) in [6.45, 7) is -0.565. The van der Waals surface area contributed by atoms with Gasteiger partial charge in [-0.25, -0.2) is 0 Å². The summed E-state index contributed by atoms with van der Waals surface area (Å²) in [5.41, 5.74) is 0.672. The molecule has 1 aliphatic heterocycles. The molecule has 0 unspecified atom stereocenters. The van der Waals surface area contributed by atoms with E-state index >= 15 is 0 Å². The molecule has 0 saturated carbocycles. The van der Waals surface area contributed by atoms with Gasteiger partial charge in [-0.2, -0.15) is 0 Å². The number of phenols is 1. The van der Waals surface area contributed by atoms with Crippen LogP contribution in [0, 0.1) is 0 Å². The zero-order valence-corrected chi connectivity index (χ0v) is 16.9. The summed E-state index contributed by atoms with van der Waals surface area (Å²) < 4.78 is 21.4. The minimum absolute atomic E-state index is 0.144. The summed E-state index contributed by atoms with van der Waals surface area (Å²) in [5, 5.41) is 49.2. The number of fused-ring (bicyclic) bond motifs is 1. The van der Waals surface area contributed by atoms with Gasteiger partial charge in [0.1, 0.15) is 42.0 Å². The molecule has 0 radical (unpaired) electrons. The average molecular weight is 446 g/mol. The summed E-state index contributed by atoms with van der Waals surface area (Å²) in [4.78, 5) is 12.9. The zero-order valence-electron chi connectivity index (χ0n) is 16.9. The van der Waals surface area contributed by atoms with E-state index in [0.717, 1.165) is 0 Å². The summed E-state index contributed by atoms with van der Waals surface area (Å²) >= 11 is 0. The summed E-state index contributed by atoms with van der Waals surface area (Å²) in [6.07, 6.45) is -5.69. The number of hydrogen-bond acceptors (Lipinski definition) is 10. The van der Waals surface area contributed by atoms with E-state index < -0.39 is 37.3 Å². The summed E-state index contributed by atoms with van der Waals surface area (Å²) in [5.74, 6) is 0.255. The molecular formula is C22H22O10. The molecule has 0 spiro atoms. The van der Waals surface area contributed by atoms with Crippen molar-refractivity contribution in [3.63, 3.8) is 0 Å². The van der Waals surface area contributed by atoms with E-state index in [9.17, 15) is 30.3 Å². The predicted octanol–water partition coefficient (Wildman–Crippen LogP) is 0.353. The van der Waals surface area contributed by atoms with Crippen molar-refractivity contribution < 1.29 is 44.2 Å². The van der Waals surface area contributed by atoms with Crippen LogP contribution in [-0.4, -0.2) is 70.0 Å². The molecule has 2 heterocycles. The predicted molar refractivity (Wildman–Crippen MR) is 111 cm³/mol. The first-order valence-corrected chi connectivity index (χ1v) is 9.74. The van der Waals surface area contributed by atoms with Crippen LogP contribution in [-0.2, 0) is 4.74 Å². The van der Waals surface area contributed by atoms with Crippen LogP contribution in [0.2, 0.25) is 0 Å². The Balaban J connectivity index is 1.59. The van der Waals surface area contributed by atoms with Crippen LogP contribution in [0.15, 0.2) is 51.9 Å². The highest BCUT2D eigenvalue weighted by Crippen LogP contribution is 2.31. The average Bonchev–Trinajstić information content (AvgIpc) is 2.80. The topological polar surface area (TPSA) is 159 Å². The van der Waals surface area contributed by atoms with E-state index in [0.29, 0.717) is 5.56 Å². The molecular weight excluding hydrogens is 424 g/mol. The summed E-state index contributed by atoms with van der Waals surface area (Å²) in [7, 11) is 1.38. The molecule has 5 atom stereocenters. The number of benzene rings is 2. The van der Waals surface area contributed by atoms with Gasteiger partial charge in [0.2, 0.25) is 11.7 Å². The Kier molecular flexibility index (Phi) is 6.04. The highest BCUT2D eigenvalue weighted by atomic mass is 16.7. The Hall–Kier alpha value is -3.15. The number of hydrogen-bond donors (Lipinski definition) is 5. The molecule has 1 fully saturated rings. The SMILES string of the molecule is COc1cc2c(=O)c(-c3ccc(O[C@@H]4O[C@H](CO)[C@@H](O)[C@H](O)[C@H]4O)cc3)coc2cc1O. The number of methoxy groups -OCH3 is 1. The van der Waals surface area contributed by atoms with Crippen LogP contribution >= 0.6 is 0 Å². The smallest absolute Gasteiger partial charge is 0.229 e. The highest BCUT2D eigenvalue weighted by molar-refractivity contribution is 5.84. The first-order valence-electron chi connectivity index (χ1n) is 9.74. The fourth-order valence-electron chi connectivity index (χ4n) is 3.52. The molecule has 1 aromatic heterocycles. The van der Waals surface area contributed by atoms with Gasteiger partial charge in [-0.3, -0.25) is 4.79 Å². The van der Waals surface area contributed by atoms with Crippen molar-refractivity contribution in [2.75, 3.05) is 13.7 Å². The molecule has 0 bridgehead atoms. The maximum Gasteiger partial charge on any atom is 0.229 e. The second-order valence-electron chi connectivity index (χ2n) is 7.34. The number of aliphatic hydroxyl groups excluding tert-OH is 4. The van der Waals surface area contributed by atoms with Crippen molar-refractivity contribution in [1.29, 1.82) is 0 Å². The minimum atomic E-state index is -1.55. The lowest BCUT2D eigenvalue weighted by Gasteiger charge is -2.39. The quantitative estimate of drug-likeness (QED) is 0.370. The lowest BCUT2D eigenvalue weighted by Crippen LogP contribution is -2.60. The van der Waals surface area contributed by atoms with Crippen LogP contribution in [0.5, 0.6) is 17.2 Å². The van der Waals surface area contributed by atoms with Gasteiger partial charge in [-0.1, -0.05) is 12.1 Å². The second-order valence-corrected chi connectivity index (χ2v) is 7.34. The van der Waals surface area contributed by atoms with Gasteiger partial charge in [0.15, 0.2) is 11.5 Å². The lowest BCUT2D eigenvalue weighted by molar-refractivity contribution is -0.277. The monoisotopic (exact) mass is 446 g/mol. The third-order valence-electron chi connectivity index (χ3n) is 5.34. The molecule has 1 saturated heterocycles. The third kappa shape index (κ3) is 3.90. The van der Waals surface area contributed by atoms with Gasteiger partial charge in [0.25, 0.3) is 0 Å². The fraction of sp³-hybridized carbons (Fsp3) is 0.318. The van der Waals surface area contributed by atoms with Crippen molar-refractivity contribution in [2.24, 2.45) is 0 Å². The maximum atomic E-state index is 12.9. The lowest BCUT2D eigenvalue weighted by atomic mass is 9.99. The van der Waals surface area contributed by atoms with Gasteiger partial charge >= 0.3 is 0 Å². The number of ether oxygens (including phenoxy) is 3. The second kappa shape index (κ2) is 8.77. The minimum Gasteiger partial charge on any atom is -0.504 e. The van der Waals surface area contributed by atoms with E-state index in [4.69, 9.17) is 18.6 Å². The third-order valence-corrected chi connectivity index (χ3v) is 5.34. The number of aliphatic hydroxyl groups is 4. The fourth-order valence-corrected chi connectivity index (χ4v) is 3.52. The highest BCUT2D eigenvalue weighted by Gasteiger charge is 2.44. The van der Waals surface area contributed by atoms with Crippen LogP contribution in [0.4, 0.5) is 0 Å². The van der Waals surface area contributed by atoms with Crippen LogP contribution < -0.4 is 14.9 Å². The molecule has 2 aromatic carbocycles. The van der Waals surface area contributed by atoms with Gasteiger partial charge in [0.05, 0.1) is 24.7 Å². The van der Waals surface area contributed by atoms with Crippen molar-refractivity contribution in [2.45, 2.75) is 30.7 Å². The van der Waals surface area contributed by atoms with E-state index in [1.165, 1.54) is 37.6 Å². The Labute approximate surface area is 181 Å². The first kappa shape index (κ1) is 22.1. The van der Waals surface area contributed by atoms with Crippen molar-refractivity contribution in [1.82, 2.24) is 0 Å². The first-order chi connectivity index (χ1) is 15.3. The van der Waals surface area contributed by atoms with Crippen LogP contribution in [0.25, 0.3) is 22.1 Å². The van der Waals surface area contributed by atoms with Crippen molar-refractivity contribution >= 4 is 11.0 Å². The van der Waals surface area contributed by atoms with E-state index in [1.807, 2.05) is 0 Å². The van der Waals surface area contributed by atoms with Crippen molar-refractivity contribution in [3.8, 4) is 28.4 Å². The van der Waals surface area contributed by atoms with E-state index in [1.54, 1.807) is 12.1 Å². The normalized spacial score (nSPS) is 25.6. The molecule has 1 aliphatic rings. The Morgan fingerprint density at radius 3 is 2.41 bits per heavy atom. The van der Waals surface area contributed by atoms with Crippen LogP contribution in [0.1, 0.15) is 0 Å². The molecule has 0 aliphatic carbocycles. The molecule has 10 nitrogen and oxygen atoms in total. The van der Waals surface area contributed by atoms with E-state index in [2.05, 4.69) is 0 Å². The van der Waals surface area contributed by atoms with Gasteiger partial charge in [-0.15, -0.1) is 0 Å². The Morgan fingerprint density at radius 2 is 1.75 bits per heavy atom. The molecule has 0 amide bonds. The Bertz CT molecular complexity index is 1150. The summed E-state index contributed by atoms with van der Waals surface area (Å²) in [6, 6.07) is 8.94. The Morgan fingerprint density at radius 1 is 1.03 bits per heavy atom. The van der Waals surface area contributed by atoms with Crippen molar-refractivity contribution in [3.05, 3.63) is 52.9 Å². The molecule has 10 heteroatoms. The number of rotatable bonds is 5. The molecule has 170 valence electrons. The van der Waals surface area contributed by atoms with Gasteiger partial charge < -0.3 is 44.2 Å². The maximum absolute atomic E-state index is 12.9. The number of phenolic OH excluding ortho intramolecular Hbond substituents is 1. The zero-order chi connectivity index (χ0) is 23.0. The standard InChI is InChI=1S/C22H22O10/c1-29-16-6-12-15(7-14(16)24)30-9-13(18(12)25)10-2-4-11(5-3-10)31-22-21(28)20(27)19(26)17(8-23)32-22/h2-7,9,17,19-24,26-28H,8H2,1H3/t17-,19-,20+,21-,22-/m1/s1.